The van der Waals surface area contributed by atoms with Gasteiger partial charge in [0, 0.05) is 32.2 Å². The molecular weight excluding hydrogens is 278 g/mol. The number of likely N-dealkylation sites (N-methyl/N-ethyl adjacent to an activating group) is 1. The molecule has 0 aliphatic carbocycles. The zero-order valence-corrected chi connectivity index (χ0v) is 14.4. The van der Waals surface area contributed by atoms with E-state index >= 15 is 0 Å². The van der Waals surface area contributed by atoms with Crippen molar-refractivity contribution < 1.29 is 9.53 Å². The highest BCUT2D eigenvalue weighted by Gasteiger charge is 2.26. The third-order valence-electron chi connectivity index (χ3n) is 5.24. The van der Waals surface area contributed by atoms with Crippen molar-refractivity contribution in [3.8, 4) is 0 Å². The van der Waals surface area contributed by atoms with Crippen molar-refractivity contribution in [2.24, 2.45) is 5.92 Å². The summed E-state index contributed by atoms with van der Waals surface area (Å²) < 4.78 is 5.12. The van der Waals surface area contributed by atoms with E-state index in [-0.39, 0.29) is 11.8 Å². The lowest BCUT2D eigenvalue weighted by molar-refractivity contribution is -0.126. The molecule has 2 aliphatic heterocycles. The molecule has 0 aromatic rings. The van der Waals surface area contributed by atoms with Gasteiger partial charge in [0.15, 0.2) is 0 Å². The lowest BCUT2D eigenvalue weighted by Gasteiger charge is -2.36. The summed E-state index contributed by atoms with van der Waals surface area (Å²) in [5.41, 5.74) is 0. The van der Waals surface area contributed by atoms with E-state index < -0.39 is 0 Å². The van der Waals surface area contributed by atoms with Crippen molar-refractivity contribution in [3.63, 3.8) is 0 Å². The van der Waals surface area contributed by atoms with Crippen LogP contribution < -0.4 is 5.32 Å². The minimum absolute atomic E-state index is 0.206. The fourth-order valence-corrected chi connectivity index (χ4v) is 3.71. The Bertz CT molecular complexity index is 330. The van der Waals surface area contributed by atoms with Crippen LogP contribution in [0, 0.1) is 5.92 Å². The average Bonchev–Trinajstić information content (AvgIpc) is 2.58. The molecule has 2 rings (SSSR count). The molecule has 0 spiro atoms. The Hall–Kier alpha value is -0.650. The van der Waals surface area contributed by atoms with Crippen LogP contribution in [-0.4, -0.2) is 74.7 Å². The highest BCUT2D eigenvalue weighted by atomic mass is 16.5. The smallest absolute Gasteiger partial charge is 0.223 e. The van der Waals surface area contributed by atoms with Gasteiger partial charge in [-0.1, -0.05) is 13.3 Å². The summed E-state index contributed by atoms with van der Waals surface area (Å²) in [5.74, 6) is 0.477. The Kier molecular flexibility index (Phi) is 7.63. The molecular formula is C17H33N3O2. The monoisotopic (exact) mass is 311 g/mol. The van der Waals surface area contributed by atoms with E-state index in [1.807, 2.05) is 0 Å². The number of carbonyl (C=O) groups is 1. The first-order chi connectivity index (χ1) is 10.7. The molecule has 0 aromatic carbocycles. The number of nitrogens with zero attached hydrogens (tertiary/aromatic N) is 2. The largest absolute Gasteiger partial charge is 0.383 e. The molecule has 5 nitrogen and oxygen atoms in total. The Morgan fingerprint density at radius 1 is 1.18 bits per heavy atom. The van der Waals surface area contributed by atoms with Crippen LogP contribution in [0.25, 0.3) is 0 Å². The third-order valence-corrected chi connectivity index (χ3v) is 5.24. The molecule has 2 fully saturated rings. The standard InChI is InChI=1S/C17H33N3O2/c1-3-20-9-5-4-6-16(20)14-18-17(21)15-7-10-19(11-8-15)12-13-22-2/h15-16H,3-14H2,1-2H3,(H,18,21). The molecule has 1 unspecified atom stereocenters. The number of rotatable bonds is 7. The lowest BCUT2D eigenvalue weighted by atomic mass is 9.95. The Morgan fingerprint density at radius 2 is 1.95 bits per heavy atom. The summed E-state index contributed by atoms with van der Waals surface area (Å²) >= 11 is 0. The minimum atomic E-state index is 0.206. The van der Waals surface area contributed by atoms with E-state index in [1.54, 1.807) is 7.11 Å². The molecule has 22 heavy (non-hydrogen) atoms. The SMILES string of the molecule is CCN1CCCCC1CNC(=O)C1CCN(CCOC)CC1. The summed E-state index contributed by atoms with van der Waals surface area (Å²) in [7, 11) is 1.74. The Morgan fingerprint density at radius 3 is 2.64 bits per heavy atom. The van der Waals surface area contributed by atoms with Gasteiger partial charge in [-0.2, -0.15) is 0 Å². The van der Waals surface area contributed by atoms with Gasteiger partial charge in [-0.05, 0) is 51.9 Å². The maximum absolute atomic E-state index is 12.4. The van der Waals surface area contributed by atoms with Gasteiger partial charge in [0.25, 0.3) is 0 Å². The number of hydrogen-bond acceptors (Lipinski definition) is 4. The Labute approximate surface area is 135 Å². The summed E-state index contributed by atoms with van der Waals surface area (Å²) in [6.45, 7) is 9.14. The highest BCUT2D eigenvalue weighted by Crippen LogP contribution is 2.18. The van der Waals surface area contributed by atoms with E-state index in [9.17, 15) is 4.79 Å². The molecule has 1 atom stereocenters. The number of carbonyl (C=O) groups excluding carboxylic acids is 1. The fourth-order valence-electron chi connectivity index (χ4n) is 3.71. The topological polar surface area (TPSA) is 44.8 Å². The fraction of sp³-hybridized carbons (Fsp3) is 0.941. The van der Waals surface area contributed by atoms with Gasteiger partial charge < -0.3 is 15.0 Å². The van der Waals surface area contributed by atoms with Gasteiger partial charge in [-0.15, -0.1) is 0 Å². The number of nitrogens with one attached hydrogen (secondary N) is 1. The zero-order chi connectivity index (χ0) is 15.8. The summed E-state index contributed by atoms with van der Waals surface area (Å²) in [4.78, 5) is 17.3. The van der Waals surface area contributed by atoms with Crippen LogP contribution in [0.15, 0.2) is 0 Å². The molecule has 2 aliphatic rings. The average molecular weight is 311 g/mol. The maximum Gasteiger partial charge on any atom is 0.223 e. The van der Waals surface area contributed by atoms with Gasteiger partial charge in [-0.25, -0.2) is 0 Å². The molecule has 2 saturated heterocycles. The summed E-state index contributed by atoms with van der Waals surface area (Å²) in [6, 6.07) is 0.546. The van der Waals surface area contributed by atoms with Crippen molar-refractivity contribution in [2.75, 3.05) is 53.0 Å². The Balaban J connectivity index is 1.67. The van der Waals surface area contributed by atoms with Crippen molar-refractivity contribution in [3.05, 3.63) is 0 Å². The molecule has 128 valence electrons. The first kappa shape index (κ1) is 17.7. The van der Waals surface area contributed by atoms with Crippen LogP contribution in [-0.2, 0) is 9.53 Å². The second kappa shape index (κ2) is 9.48. The summed E-state index contributed by atoms with van der Waals surface area (Å²) in [5, 5.41) is 3.22. The van der Waals surface area contributed by atoms with Gasteiger partial charge in [0.2, 0.25) is 5.91 Å². The van der Waals surface area contributed by atoms with Gasteiger partial charge in [-0.3, -0.25) is 9.69 Å². The molecule has 1 N–H and O–H groups in total. The number of amides is 1. The zero-order valence-electron chi connectivity index (χ0n) is 14.4. The quantitative estimate of drug-likeness (QED) is 0.770. The number of piperidine rings is 2. The minimum Gasteiger partial charge on any atom is -0.383 e. The van der Waals surface area contributed by atoms with Crippen LogP contribution in [0.1, 0.15) is 39.0 Å². The normalized spacial score (nSPS) is 25.3. The molecule has 2 heterocycles. The second-order valence-corrected chi connectivity index (χ2v) is 6.63. The van der Waals surface area contributed by atoms with Crippen LogP contribution >= 0.6 is 0 Å². The van der Waals surface area contributed by atoms with Crippen LogP contribution in [0.5, 0.6) is 0 Å². The number of methoxy groups -OCH3 is 1. The number of likely N-dealkylation sites (tertiary alicyclic amines) is 2. The second-order valence-electron chi connectivity index (χ2n) is 6.63. The lowest BCUT2D eigenvalue weighted by Crippen LogP contribution is -2.48. The first-order valence-electron chi connectivity index (χ1n) is 8.97. The van der Waals surface area contributed by atoms with Crippen molar-refractivity contribution in [2.45, 2.75) is 45.1 Å². The van der Waals surface area contributed by atoms with Crippen LogP contribution in [0.3, 0.4) is 0 Å². The molecule has 5 heteroatoms. The van der Waals surface area contributed by atoms with Crippen molar-refractivity contribution in [1.82, 2.24) is 15.1 Å². The molecule has 0 radical (unpaired) electrons. The van der Waals surface area contributed by atoms with Gasteiger partial charge >= 0.3 is 0 Å². The van der Waals surface area contributed by atoms with E-state index in [1.165, 1.54) is 25.8 Å². The van der Waals surface area contributed by atoms with Gasteiger partial charge in [0.1, 0.15) is 0 Å². The predicted molar refractivity (Wildman–Crippen MR) is 88.9 cm³/mol. The summed E-state index contributed by atoms with van der Waals surface area (Å²) in [6.07, 6.45) is 5.80. The van der Waals surface area contributed by atoms with E-state index in [0.29, 0.717) is 6.04 Å². The van der Waals surface area contributed by atoms with Crippen LogP contribution in [0.4, 0.5) is 0 Å². The predicted octanol–water partition coefficient (Wildman–Crippen LogP) is 1.34. The van der Waals surface area contributed by atoms with E-state index in [0.717, 1.165) is 52.2 Å². The van der Waals surface area contributed by atoms with Crippen LogP contribution in [0.2, 0.25) is 0 Å². The van der Waals surface area contributed by atoms with Crippen molar-refractivity contribution >= 4 is 5.91 Å². The molecule has 0 aromatic heterocycles. The molecule has 1 amide bonds. The van der Waals surface area contributed by atoms with Crippen molar-refractivity contribution in [1.29, 1.82) is 0 Å². The third kappa shape index (κ3) is 5.21. The van der Waals surface area contributed by atoms with Gasteiger partial charge in [0.05, 0.1) is 6.61 Å². The highest BCUT2D eigenvalue weighted by molar-refractivity contribution is 5.78. The van der Waals surface area contributed by atoms with E-state index in [4.69, 9.17) is 4.74 Å². The molecule has 0 bridgehead atoms. The maximum atomic E-state index is 12.4. The number of hydrogen-bond donors (Lipinski definition) is 1. The first-order valence-corrected chi connectivity index (χ1v) is 8.97. The molecule has 0 saturated carbocycles. The number of ether oxygens (including phenoxy) is 1. The van der Waals surface area contributed by atoms with E-state index in [2.05, 4.69) is 22.0 Å².